The Bertz CT molecular complexity index is 724. The van der Waals surface area contributed by atoms with E-state index in [2.05, 4.69) is 55.5 Å². The number of fused-ring (bicyclic) bond motifs is 1. The van der Waals surface area contributed by atoms with Crippen LogP contribution in [-0.2, 0) is 6.54 Å². The second-order valence-corrected chi connectivity index (χ2v) is 5.52. The number of rotatable bonds is 3. The smallest absolute Gasteiger partial charge is 0.152 e. The predicted molar refractivity (Wildman–Crippen MR) is 82.6 cm³/mol. The molecule has 96 valence electrons. The van der Waals surface area contributed by atoms with Crippen molar-refractivity contribution >= 4 is 44.1 Å². The molecule has 0 spiro atoms. The molecular formula is C14H11BrClN3. The van der Waals surface area contributed by atoms with Crippen molar-refractivity contribution in [2.45, 2.75) is 6.54 Å². The Morgan fingerprint density at radius 2 is 2.16 bits per heavy atom. The number of nitrogens with zero attached hydrogens (tertiary/aromatic N) is 1. The number of aromatic nitrogens is 2. The van der Waals surface area contributed by atoms with Gasteiger partial charge < -0.3 is 10.3 Å². The molecule has 0 unspecified atom stereocenters. The fraction of sp³-hybridized carbons (Fsp3) is 0.0714. The standard InChI is InChI=1S/C14H11BrClN3/c15-11-6-13(14(16)19-8-11)18-7-9-1-2-10-3-4-17-12(10)5-9/h1-6,8,17-18H,7H2. The Kier molecular flexibility index (Phi) is 3.44. The maximum Gasteiger partial charge on any atom is 0.152 e. The summed E-state index contributed by atoms with van der Waals surface area (Å²) >= 11 is 9.42. The number of H-pyrrole nitrogens is 1. The Morgan fingerprint density at radius 3 is 3.05 bits per heavy atom. The highest BCUT2D eigenvalue weighted by molar-refractivity contribution is 9.10. The molecule has 3 aromatic rings. The fourth-order valence-corrected chi connectivity index (χ4v) is 2.45. The summed E-state index contributed by atoms with van der Waals surface area (Å²) in [6, 6.07) is 10.3. The fourth-order valence-electron chi connectivity index (χ4n) is 1.95. The van der Waals surface area contributed by atoms with Crippen LogP contribution in [0.2, 0.25) is 5.15 Å². The van der Waals surface area contributed by atoms with Gasteiger partial charge in [0.2, 0.25) is 0 Å². The zero-order chi connectivity index (χ0) is 13.2. The predicted octanol–water partition coefficient (Wildman–Crippen LogP) is 4.59. The van der Waals surface area contributed by atoms with Crippen molar-refractivity contribution in [2.75, 3.05) is 5.32 Å². The molecule has 0 saturated heterocycles. The van der Waals surface area contributed by atoms with E-state index in [4.69, 9.17) is 11.6 Å². The summed E-state index contributed by atoms with van der Waals surface area (Å²) < 4.78 is 0.902. The number of hydrogen-bond acceptors (Lipinski definition) is 2. The highest BCUT2D eigenvalue weighted by atomic mass is 79.9. The molecule has 0 amide bonds. The van der Waals surface area contributed by atoms with E-state index in [-0.39, 0.29) is 0 Å². The first-order chi connectivity index (χ1) is 9.22. The van der Waals surface area contributed by atoms with Crippen LogP contribution in [0.15, 0.2) is 47.2 Å². The lowest BCUT2D eigenvalue weighted by atomic mass is 10.1. The molecule has 2 N–H and O–H groups in total. The zero-order valence-electron chi connectivity index (χ0n) is 9.95. The van der Waals surface area contributed by atoms with Gasteiger partial charge in [-0.25, -0.2) is 4.98 Å². The summed E-state index contributed by atoms with van der Waals surface area (Å²) in [7, 11) is 0. The van der Waals surface area contributed by atoms with Crippen molar-refractivity contribution in [2.24, 2.45) is 0 Å². The van der Waals surface area contributed by atoms with E-state index in [1.165, 1.54) is 10.9 Å². The van der Waals surface area contributed by atoms with Crippen LogP contribution in [0.3, 0.4) is 0 Å². The largest absolute Gasteiger partial charge is 0.378 e. The van der Waals surface area contributed by atoms with Gasteiger partial charge in [-0.05, 0) is 45.1 Å². The summed E-state index contributed by atoms with van der Waals surface area (Å²) in [5.41, 5.74) is 3.14. The lowest BCUT2D eigenvalue weighted by Crippen LogP contribution is -2.00. The molecule has 0 saturated carbocycles. The van der Waals surface area contributed by atoms with E-state index in [0.29, 0.717) is 11.7 Å². The minimum Gasteiger partial charge on any atom is -0.378 e. The maximum atomic E-state index is 6.04. The average molecular weight is 337 g/mol. The van der Waals surface area contributed by atoms with Gasteiger partial charge in [0, 0.05) is 28.9 Å². The van der Waals surface area contributed by atoms with Gasteiger partial charge in [-0.1, -0.05) is 23.7 Å². The number of hydrogen-bond donors (Lipinski definition) is 2. The lowest BCUT2D eigenvalue weighted by Gasteiger charge is -2.08. The second kappa shape index (κ2) is 5.23. The van der Waals surface area contributed by atoms with E-state index in [9.17, 15) is 0 Å². The summed E-state index contributed by atoms with van der Waals surface area (Å²) in [5, 5.41) is 4.98. The molecule has 0 aliphatic carbocycles. The Labute approximate surface area is 124 Å². The Balaban J connectivity index is 1.79. The normalized spacial score (nSPS) is 10.8. The first-order valence-corrected chi connectivity index (χ1v) is 7.00. The number of halogens is 2. The van der Waals surface area contributed by atoms with Crippen molar-refractivity contribution < 1.29 is 0 Å². The topological polar surface area (TPSA) is 40.7 Å². The molecule has 2 heterocycles. The second-order valence-electron chi connectivity index (χ2n) is 4.24. The van der Waals surface area contributed by atoms with Gasteiger partial charge in [-0.3, -0.25) is 0 Å². The average Bonchev–Trinajstić information content (AvgIpc) is 2.87. The molecule has 2 aromatic heterocycles. The lowest BCUT2D eigenvalue weighted by molar-refractivity contribution is 1.14. The highest BCUT2D eigenvalue weighted by Crippen LogP contribution is 2.24. The number of pyridine rings is 1. The molecule has 3 nitrogen and oxygen atoms in total. The molecule has 5 heteroatoms. The third-order valence-corrected chi connectivity index (χ3v) is 3.64. The first-order valence-electron chi connectivity index (χ1n) is 5.83. The molecular weight excluding hydrogens is 326 g/mol. The molecule has 0 radical (unpaired) electrons. The van der Waals surface area contributed by atoms with Crippen molar-refractivity contribution in [1.82, 2.24) is 9.97 Å². The molecule has 19 heavy (non-hydrogen) atoms. The van der Waals surface area contributed by atoms with Crippen molar-refractivity contribution in [3.8, 4) is 0 Å². The molecule has 0 fully saturated rings. The SMILES string of the molecule is Clc1ncc(Br)cc1NCc1ccc2cc[nH]c2c1. The van der Waals surface area contributed by atoms with Gasteiger partial charge in [0.25, 0.3) is 0 Å². The maximum absolute atomic E-state index is 6.04. The summed E-state index contributed by atoms with van der Waals surface area (Å²) in [4.78, 5) is 7.29. The van der Waals surface area contributed by atoms with Gasteiger partial charge >= 0.3 is 0 Å². The van der Waals surface area contributed by atoms with Gasteiger partial charge in [0.1, 0.15) is 0 Å². The van der Waals surface area contributed by atoms with Crippen molar-refractivity contribution in [3.63, 3.8) is 0 Å². The van der Waals surface area contributed by atoms with Gasteiger partial charge in [0.05, 0.1) is 5.69 Å². The van der Waals surface area contributed by atoms with E-state index in [1.807, 2.05) is 12.3 Å². The molecule has 3 rings (SSSR count). The van der Waals surface area contributed by atoms with Gasteiger partial charge in [0.15, 0.2) is 5.15 Å². The van der Waals surface area contributed by atoms with Crippen LogP contribution in [-0.4, -0.2) is 9.97 Å². The molecule has 0 aliphatic heterocycles. The van der Waals surface area contributed by atoms with Gasteiger partial charge in [-0.2, -0.15) is 0 Å². The van der Waals surface area contributed by atoms with Crippen LogP contribution in [0, 0.1) is 0 Å². The number of anilines is 1. The number of nitrogens with one attached hydrogen (secondary N) is 2. The van der Waals surface area contributed by atoms with Crippen LogP contribution in [0.1, 0.15) is 5.56 Å². The minimum absolute atomic E-state index is 0.476. The van der Waals surface area contributed by atoms with E-state index in [0.717, 1.165) is 15.7 Å². The summed E-state index contributed by atoms with van der Waals surface area (Å²) in [6.07, 6.45) is 3.62. The Hall–Kier alpha value is -1.52. The van der Waals surface area contributed by atoms with Gasteiger partial charge in [-0.15, -0.1) is 0 Å². The van der Waals surface area contributed by atoms with Crippen LogP contribution in [0.5, 0.6) is 0 Å². The summed E-state index contributed by atoms with van der Waals surface area (Å²) in [5.74, 6) is 0. The van der Waals surface area contributed by atoms with Crippen LogP contribution in [0.4, 0.5) is 5.69 Å². The van der Waals surface area contributed by atoms with Crippen LogP contribution in [0.25, 0.3) is 10.9 Å². The highest BCUT2D eigenvalue weighted by Gasteiger charge is 2.03. The number of benzene rings is 1. The van der Waals surface area contributed by atoms with E-state index in [1.54, 1.807) is 6.20 Å². The molecule has 0 bridgehead atoms. The third kappa shape index (κ3) is 2.74. The number of aromatic amines is 1. The molecule has 0 aliphatic rings. The molecule has 1 aromatic carbocycles. The van der Waals surface area contributed by atoms with E-state index >= 15 is 0 Å². The molecule has 0 atom stereocenters. The Morgan fingerprint density at radius 1 is 1.26 bits per heavy atom. The van der Waals surface area contributed by atoms with Crippen molar-refractivity contribution in [3.05, 3.63) is 57.9 Å². The minimum atomic E-state index is 0.476. The quantitative estimate of drug-likeness (QED) is 0.687. The van der Waals surface area contributed by atoms with Crippen LogP contribution >= 0.6 is 27.5 Å². The summed E-state index contributed by atoms with van der Waals surface area (Å²) in [6.45, 7) is 0.701. The van der Waals surface area contributed by atoms with Crippen molar-refractivity contribution in [1.29, 1.82) is 0 Å². The monoisotopic (exact) mass is 335 g/mol. The third-order valence-electron chi connectivity index (χ3n) is 2.91. The first kappa shape index (κ1) is 12.5. The van der Waals surface area contributed by atoms with E-state index < -0.39 is 0 Å². The zero-order valence-corrected chi connectivity index (χ0v) is 12.3. The van der Waals surface area contributed by atoms with Crippen LogP contribution < -0.4 is 5.32 Å².